The van der Waals surface area contributed by atoms with Crippen LogP contribution in [0.15, 0.2) is 36.8 Å². The van der Waals surface area contributed by atoms with Crippen molar-refractivity contribution >= 4 is 0 Å². The van der Waals surface area contributed by atoms with E-state index >= 15 is 0 Å². The van der Waals surface area contributed by atoms with E-state index in [9.17, 15) is 0 Å². The number of ether oxygens (including phenoxy) is 1. The van der Waals surface area contributed by atoms with Crippen molar-refractivity contribution < 1.29 is 4.74 Å². The summed E-state index contributed by atoms with van der Waals surface area (Å²) in [5, 5.41) is 0. The van der Waals surface area contributed by atoms with Crippen molar-refractivity contribution in [1.29, 1.82) is 0 Å². The summed E-state index contributed by atoms with van der Waals surface area (Å²) in [6.07, 6.45) is 6.95. The van der Waals surface area contributed by atoms with Crippen molar-refractivity contribution in [3.8, 4) is 5.88 Å². The van der Waals surface area contributed by atoms with Gasteiger partial charge in [-0.3, -0.25) is 4.90 Å². The molecule has 20 heavy (non-hydrogen) atoms. The molecule has 0 saturated carbocycles. The third kappa shape index (κ3) is 2.99. The van der Waals surface area contributed by atoms with Crippen LogP contribution in [-0.2, 0) is 13.1 Å². The molecule has 106 valence electrons. The molecular weight excluding hydrogens is 252 g/mol. The SMILES string of the molecule is CCn1ccnc1CN1CCC(Oc2ccccn2)C1. The summed E-state index contributed by atoms with van der Waals surface area (Å²) in [6.45, 7) is 5.99. The van der Waals surface area contributed by atoms with E-state index in [1.54, 1.807) is 6.20 Å². The van der Waals surface area contributed by atoms with Crippen LogP contribution in [0, 0.1) is 0 Å². The summed E-state index contributed by atoms with van der Waals surface area (Å²) in [5.74, 6) is 1.85. The molecule has 1 aliphatic heterocycles. The van der Waals surface area contributed by atoms with Crippen molar-refractivity contribution in [3.63, 3.8) is 0 Å². The molecule has 5 nitrogen and oxygen atoms in total. The first-order valence-electron chi connectivity index (χ1n) is 7.15. The van der Waals surface area contributed by atoms with Crippen LogP contribution in [0.2, 0.25) is 0 Å². The Morgan fingerprint density at radius 1 is 1.30 bits per heavy atom. The summed E-state index contributed by atoms with van der Waals surface area (Å²) in [6, 6.07) is 5.76. The largest absolute Gasteiger partial charge is 0.473 e. The number of pyridine rings is 1. The van der Waals surface area contributed by atoms with Gasteiger partial charge in [0, 0.05) is 44.3 Å². The molecule has 1 unspecified atom stereocenters. The molecule has 1 fully saturated rings. The zero-order chi connectivity index (χ0) is 13.8. The second kappa shape index (κ2) is 6.05. The molecule has 0 amide bonds. The molecule has 2 aromatic heterocycles. The van der Waals surface area contributed by atoms with Gasteiger partial charge in [-0.05, 0) is 19.4 Å². The van der Waals surface area contributed by atoms with E-state index in [1.165, 1.54) is 0 Å². The van der Waals surface area contributed by atoms with E-state index in [2.05, 4.69) is 26.4 Å². The Morgan fingerprint density at radius 3 is 3.05 bits per heavy atom. The fraction of sp³-hybridized carbons (Fsp3) is 0.467. The Balaban J connectivity index is 1.55. The highest BCUT2D eigenvalue weighted by Crippen LogP contribution is 2.17. The van der Waals surface area contributed by atoms with Crippen LogP contribution in [0.3, 0.4) is 0 Å². The third-order valence-electron chi connectivity index (χ3n) is 3.66. The summed E-state index contributed by atoms with van der Waals surface area (Å²) >= 11 is 0. The molecule has 0 aliphatic carbocycles. The van der Waals surface area contributed by atoms with Gasteiger partial charge < -0.3 is 9.30 Å². The van der Waals surface area contributed by atoms with Gasteiger partial charge >= 0.3 is 0 Å². The molecule has 1 atom stereocenters. The highest BCUT2D eigenvalue weighted by Gasteiger charge is 2.25. The topological polar surface area (TPSA) is 43.2 Å². The minimum atomic E-state index is 0.231. The maximum absolute atomic E-state index is 5.90. The van der Waals surface area contributed by atoms with Gasteiger partial charge in [0.15, 0.2) is 0 Å². The molecule has 0 bridgehead atoms. The number of imidazole rings is 1. The first-order chi connectivity index (χ1) is 9.85. The molecule has 2 aromatic rings. The zero-order valence-corrected chi connectivity index (χ0v) is 11.8. The normalized spacial score (nSPS) is 19.4. The lowest BCUT2D eigenvalue weighted by molar-refractivity contribution is 0.189. The number of hydrogen-bond donors (Lipinski definition) is 0. The lowest BCUT2D eigenvalue weighted by Crippen LogP contribution is -2.26. The van der Waals surface area contributed by atoms with E-state index in [1.807, 2.05) is 30.6 Å². The number of aromatic nitrogens is 3. The molecule has 0 spiro atoms. The van der Waals surface area contributed by atoms with Gasteiger partial charge in [-0.25, -0.2) is 9.97 Å². The average molecular weight is 272 g/mol. The fourth-order valence-electron chi connectivity index (χ4n) is 2.60. The van der Waals surface area contributed by atoms with Crippen LogP contribution in [0.1, 0.15) is 19.2 Å². The lowest BCUT2D eigenvalue weighted by atomic mass is 10.3. The monoisotopic (exact) mass is 272 g/mol. The van der Waals surface area contributed by atoms with Gasteiger partial charge in [0.1, 0.15) is 11.9 Å². The van der Waals surface area contributed by atoms with Gasteiger partial charge in [0.2, 0.25) is 5.88 Å². The molecule has 0 aromatic carbocycles. The number of hydrogen-bond acceptors (Lipinski definition) is 4. The van der Waals surface area contributed by atoms with Crippen molar-refractivity contribution in [2.75, 3.05) is 13.1 Å². The van der Waals surface area contributed by atoms with Gasteiger partial charge in [0.05, 0.1) is 6.54 Å². The van der Waals surface area contributed by atoms with Gasteiger partial charge in [0.25, 0.3) is 0 Å². The number of aryl methyl sites for hydroxylation is 1. The minimum Gasteiger partial charge on any atom is -0.473 e. The zero-order valence-electron chi connectivity index (χ0n) is 11.8. The predicted molar refractivity (Wildman–Crippen MR) is 76.4 cm³/mol. The number of nitrogens with zero attached hydrogens (tertiary/aromatic N) is 4. The summed E-state index contributed by atoms with van der Waals surface area (Å²) in [7, 11) is 0. The Morgan fingerprint density at radius 2 is 2.25 bits per heavy atom. The molecule has 1 saturated heterocycles. The smallest absolute Gasteiger partial charge is 0.213 e. The Bertz CT molecular complexity index is 540. The van der Waals surface area contributed by atoms with E-state index < -0.39 is 0 Å². The molecular formula is C15H20N4O. The first kappa shape index (κ1) is 13.1. The molecule has 0 N–H and O–H groups in total. The molecule has 5 heteroatoms. The Hall–Kier alpha value is -1.88. The quantitative estimate of drug-likeness (QED) is 0.834. The Labute approximate surface area is 119 Å². The first-order valence-corrected chi connectivity index (χ1v) is 7.15. The maximum atomic E-state index is 5.90. The van der Waals surface area contributed by atoms with Crippen molar-refractivity contribution in [3.05, 3.63) is 42.6 Å². The van der Waals surface area contributed by atoms with Gasteiger partial charge in [-0.2, -0.15) is 0 Å². The van der Waals surface area contributed by atoms with Gasteiger partial charge in [-0.15, -0.1) is 0 Å². The molecule has 0 radical (unpaired) electrons. The van der Waals surface area contributed by atoms with Crippen LogP contribution < -0.4 is 4.74 Å². The predicted octanol–water partition coefficient (Wildman–Crippen LogP) is 1.95. The van der Waals surface area contributed by atoms with Crippen molar-refractivity contribution in [1.82, 2.24) is 19.4 Å². The molecule has 3 rings (SSSR count). The van der Waals surface area contributed by atoms with E-state index in [-0.39, 0.29) is 6.10 Å². The summed E-state index contributed by atoms with van der Waals surface area (Å²) in [4.78, 5) is 11.0. The lowest BCUT2D eigenvalue weighted by Gasteiger charge is -2.16. The average Bonchev–Trinajstić information content (AvgIpc) is 3.10. The summed E-state index contributed by atoms with van der Waals surface area (Å²) < 4.78 is 8.09. The maximum Gasteiger partial charge on any atom is 0.213 e. The number of rotatable bonds is 5. The highest BCUT2D eigenvalue weighted by atomic mass is 16.5. The van der Waals surface area contributed by atoms with Gasteiger partial charge in [-0.1, -0.05) is 6.07 Å². The van der Waals surface area contributed by atoms with Crippen LogP contribution >= 0.6 is 0 Å². The minimum absolute atomic E-state index is 0.231. The van der Waals surface area contributed by atoms with Crippen LogP contribution in [-0.4, -0.2) is 38.6 Å². The highest BCUT2D eigenvalue weighted by molar-refractivity contribution is 5.10. The van der Waals surface area contributed by atoms with E-state index in [0.717, 1.165) is 44.3 Å². The molecule has 1 aliphatic rings. The second-order valence-electron chi connectivity index (χ2n) is 5.06. The van der Waals surface area contributed by atoms with Crippen molar-refractivity contribution in [2.45, 2.75) is 32.5 Å². The van der Waals surface area contributed by atoms with Crippen LogP contribution in [0.5, 0.6) is 5.88 Å². The third-order valence-corrected chi connectivity index (χ3v) is 3.66. The second-order valence-corrected chi connectivity index (χ2v) is 5.06. The van der Waals surface area contributed by atoms with E-state index in [0.29, 0.717) is 0 Å². The van der Waals surface area contributed by atoms with E-state index in [4.69, 9.17) is 4.74 Å². The standard InChI is InChI=1S/C15H20N4O/c1-2-19-10-8-16-14(19)12-18-9-6-13(11-18)20-15-5-3-4-7-17-15/h3-5,7-8,10,13H,2,6,9,11-12H2,1H3. The number of likely N-dealkylation sites (tertiary alicyclic amines) is 1. The van der Waals surface area contributed by atoms with Crippen LogP contribution in [0.25, 0.3) is 0 Å². The van der Waals surface area contributed by atoms with Crippen molar-refractivity contribution in [2.24, 2.45) is 0 Å². The summed E-state index contributed by atoms with van der Waals surface area (Å²) in [5.41, 5.74) is 0. The van der Waals surface area contributed by atoms with Crippen LogP contribution in [0.4, 0.5) is 0 Å². The fourth-order valence-corrected chi connectivity index (χ4v) is 2.60. The Kier molecular flexibility index (Phi) is 3.97. The molecule has 3 heterocycles.